The van der Waals surface area contributed by atoms with Gasteiger partial charge in [0.25, 0.3) is 0 Å². The van der Waals surface area contributed by atoms with Crippen molar-refractivity contribution in [2.24, 2.45) is 0 Å². The highest BCUT2D eigenvalue weighted by atomic mass is 32.1. The van der Waals surface area contributed by atoms with Gasteiger partial charge in [0, 0.05) is 46.3 Å². The maximum Gasteiger partial charge on any atom is 0.0399 e. The quantitative estimate of drug-likeness (QED) is 0.201. The third-order valence-electron chi connectivity index (χ3n) is 8.93. The van der Waals surface area contributed by atoms with E-state index >= 15 is 0 Å². The molecule has 1 atom stereocenters. The summed E-state index contributed by atoms with van der Waals surface area (Å²) >= 11 is 3.89. The van der Waals surface area contributed by atoms with E-state index in [1.807, 2.05) is 22.7 Å². The van der Waals surface area contributed by atoms with Crippen molar-refractivity contribution in [2.75, 3.05) is 0 Å². The summed E-state index contributed by atoms with van der Waals surface area (Å²) in [7, 11) is 0. The highest BCUT2D eigenvalue weighted by molar-refractivity contribution is 7.26. The van der Waals surface area contributed by atoms with E-state index in [9.17, 15) is 0 Å². The van der Waals surface area contributed by atoms with Gasteiger partial charge in [-0.05, 0) is 70.0 Å². The molecule has 1 aliphatic carbocycles. The van der Waals surface area contributed by atoms with Gasteiger partial charge >= 0.3 is 0 Å². The first-order valence-corrected chi connectivity index (χ1v) is 16.0. The predicted molar refractivity (Wildman–Crippen MR) is 180 cm³/mol. The molecular formula is C39H26S2. The van der Waals surface area contributed by atoms with E-state index in [1.54, 1.807) is 5.56 Å². The van der Waals surface area contributed by atoms with Crippen molar-refractivity contribution in [2.45, 2.75) is 18.8 Å². The Labute approximate surface area is 247 Å². The summed E-state index contributed by atoms with van der Waals surface area (Å²) < 4.78 is 5.61. The molecule has 2 heterocycles. The van der Waals surface area contributed by atoms with Crippen LogP contribution >= 0.6 is 22.7 Å². The van der Waals surface area contributed by atoms with Crippen molar-refractivity contribution in [1.82, 2.24) is 0 Å². The molecule has 9 rings (SSSR count). The van der Waals surface area contributed by atoms with Crippen LogP contribution in [0.5, 0.6) is 0 Å². The van der Waals surface area contributed by atoms with Crippen molar-refractivity contribution in [3.05, 3.63) is 144 Å². The van der Waals surface area contributed by atoms with Gasteiger partial charge in [0.1, 0.15) is 0 Å². The SMILES string of the molecule is c1ccc(-c2cccc3sc4cc(CCC5c6ccccc6-c6ccc7c(sc8ccccc87)c65)ccc4c23)cc1. The minimum Gasteiger partial charge on any atom is -0.135 e. The lowest BCUT2D eigenvalue weighted by atomic mass is 9.89. The number of thiophene rings is 2. The third kappa shape index (κ3) is 3.58. The summed E-state index contributed by atoms with van der Waals surface area (Å²) in [4.78, 5) is 0. The van der Waals surface area contributed by atoms with Crippen LogP contribution in [0.1, 0.15) is 29.0 Å². The van der Waals surface area contributed by atoms with E-state index in [4.69, 9.17) is 0 Å². The van der Waals surface area contributed by atoms with Gasteiger partial charge in [0.05, 0.1) is 0 Å². The first-order chi connectivity index (χ1) is 20.3. The lowest BCUT2D eigenvalue weighted by molar-refractivity contribution is 0.735. The Kier molecular flexibility index (Phi) is 5.23. The Balaban J connectivity index is 1.12. The van der Waals surface area contributed by atoms with Crippen LogP contribution in [-0.2, 0) is 6.42 Å². The Morgan fingerprint density at radius 2 is 1.29 bits per heavy atom. The maximum atomic E-state index is 2.45. The van der Waals surface area contributed by atoms with Crippen LogP contribution in [-0.4, -0.2) is 0 Å². The molecule has 41 heavy (non-hydrogen) atoms. The zero-order chi connectivity index (χ0) is 26.9. The Bertz CT molecular complexity index is 2270. The molecule has 194 valence electrons. The molecule has 0 bridgehead atoms. The van der Waals surface area contributed by atoms with Crippen molar-refractivity contribution in [1.29, 1.82) is 0 Å². The molecule has 1 aliphatic rings. The smallest absolute Gasteiger partial charge is 0.0399 e. The van der Waals surface area contributed by atoms with Crippen LogP contribution in [0.3, 0.4) is 0 Å². The van der Waals surface area contributed by atoms with Crippen LogP contribution in [0.15, 0.2) is 127 Å². The fraction of sp³-hybridized carbons (Fsp3) is 0.0769. The first-order valence-electron chi connectivity index (χ1n) is 14.4. The van der Waals surface area contributed by atoms with Crippen molar-refractivity contribution in [3.63, 3.8) is 0 Å². The fourth-order valence-electron chi connectivity index (χ4n) is 7.09. The normalized spacial score (nSPS) is 14.3. The summed E-state index contributed by atoms with van der Waals surface area (Å²) in [5, 5.41) is 5.55. The molecule has 0 N–H and O–H groups in total. The lowest BCUT2D eigenvalue weighted by Crippen LogP contribution is -1.99. The van der Waals surface area contributed by atoms with Gasteiger partial charge in [0.2, 0.25) is 0 Å². The standard InChI is InChI=1S/C39H26S2/c1-2-9-25(10-3-1)26-14-8-16-35-37(26)33-20-18-24(23-36(33)40-35)17-19-30-27-11-4-5-12-28(27)31-21-22-32-29-13-6-7-15-34(29)41-39(32)38(30)31/h1-16,18,20-23,30H,17,19H2. The molecular weight excluding hydrogens is 533 g/mol. The molecule has 0 fully saturated rings. The molecule has 0 aliphatic heterocycles. The number of fused-ring (bicyclic) bond motifs is 10. The highest BCUT2D eigenvalue weighted by Crippen LogP contribution is 2.52. The molecule has 0 nitrogen and oxygen atoms in total. The van der Waals surface area contributed by atoms with Gasteiger partial charge in [-0.15, -0.1) is 22.7 Å². The van der Waals surface area contributed by atoms with E-state index in [1.165, 1.54) is 73.7 Å². The van der Waals surface area contributed by atoms with E-state index in [0.717, 1.165) is 12.8 Å². The molecule has 6 aromatic carbocycles. The second kappa shape index (κ2) is 9.14. The van der Waals surface area contributed by atoms with Gasteiger partial charge in [-0.2, -0.15) is 0 Å². The summed E-state index contributed by atoms with van der Waals surface area (Å²) in [6, 6.07) is 47.4. The van der Waals surface area contributed by atoms with Gasteiger partial charge in [-0.25, -0.2) is 0 Å². The molecule has 2 heteroatoms. The van der Waals surface area contributed by atoms with Crippen LogP contribution in [0.2, 0.25) is 0 Å². The van der Waals surface area contributed by atoms with E-state index in [2.05, 4.69) is 127 Å². The number of hydrogen-bond acceptors (Lipinski definition) is 2. The van der Waals surface area contributed by atoms with Crippen molar-refractivity contribution < 1.29 is 0 Å². The molecule has 0 radical (unpaired) electrons. The lowest BCUT2D eigenvalue weighted by Gasteiger charge is -2.15. The summed E-state index contributed by atoms with van der Waals surface area (Å²) in [5.41, 5.74) is 9.92. The zero-order valence-electron chi connectivity index (χ0n) is 22.4. The predicted octanol–water partition coefficient (Wildman–Crippen LogP) is 11.8. The van der Waals surface area contributed by atoms with Crippen LogP contribution in [0, 0.1) is 0 Å². The monoisotopic (exact) mass is 558 g/mol. The van der Waals surface area contributed by atoms with Crippen LogP contribution in [0.25, 0.3) is 62.6 Å². The highest BCUT2D eigenvalue weighted by Gasteiger charge is 2.31. The second-order valence-electron chi connectivity index (χ2n) is 11.2. The fourth-order valence-corrected chi connectivity index (χ4v) is 9.59. The van der Waals surface area contributed by atoms with E-state index in [-0.39, 0.29) is 0 Å². The zero-order valence-corrected chi connectivity index (χ0v) is 24.1. The largest absolute Gasteiger partial charge is 0.135 e. The molecule has 0 saturated heterocycles. The summed E-state index contributed by atoms with van der Waals surface area (Å²) in [5.74, 6) is 0.417. The minimum absolute atomic E-state index is 0.417. The third-order valence-corrected chi connectivity index (χ3v) is 11.3. The average molecular weight is 559 g/mol. The van der Waals surface area contributed by atoms with E-state index in [0.29, 0.717) is 5.92 Å². The summed E-state index contributed by atoms with van der Waals surface area (Å²) in [6.45, 7) is 0. The Morgan fingerprint density at radius 3 is 2.24 bits per heavy atom. The molecule has 8 aromatic rings. The van der Waals surface area contributed by atoms with Gasteiger partial charge in [0.15, 0.2) is 0 Å². The average Bonchev–Trinajstić information content (AvgIpc) is 3.69. The van der Waals surface area contributed by atoms with Crippen LogP contribution < -0.4 is 0 Å². The molecule has 0 saturated carbocycles. The van der Waals surface area contributed by atoms with Crippen molar-refractivity contribution >= 4 is 63.0 Å². The van der Waals surface area contributed by atoms with Crippen molar-refractivity contribution in [3.8, 4) is 22.3 Å². The topological polar surface area (TPSA) is 0 Å². The summed E-state index contributed by atoms with van der Waals surface area (Å²) in [6.07, 6.45) is 2.18. The molecule has 0 amide bonds. The molecule has 2 aromatic heterocycles. The van der Waals surface area contributed by atoms with Gasteiger partial charge in [-0.1, -0.05) is 109 Å². The minimum atomic E-state index is 0.417. The van der Waals surface area contributed by atoms with E-state index < -0.39 is 0 Å². The Hall–Kier alpha value is -4.24. The number of aryl methyl sites for hydroxylation is 1. The number of benzene rings is 6. The van der Waals surface area contributed by atoms with Gasteiger partial charge < -0.3 is 0 Å². The second-order valence-corrected chi connectivity index (χ2v) is 13.3. The maximum absolute atomic E-state index is 2.45. The van der Waals surface area contributed by atoms with Crippen LogP contribution in [0.4, 0.5) is 0 Å². The molecule has 1 unspecified atom stereocenters. The Morgan fingerprint density at radius 1 is 0.512 bits per heavy atom. The molecule has 0 spiro atoms. The number of rotatable bonds is 4. The number of hydrogen-bond donors (Lipinski definition) is 0. The first kappa shape index (κ1) is 23.5. The van der Waals surface area contributed by atoms with Gasteiger partial charge in [-0.3, -0.25) is 0 Å².